The molecule has 0 bridgehead atoms. The van der Waals surface area contributed by atoms with Crippen molar-refractivity contribution in [2.24, 2.45) is 11.8 Å². The van der Waals surface area contributed by atoms with Crippen LogP contribution in [0.4, 0.5) is 4.79 Å². The Labute approximate surface area is 135 Å². The molecule has 0 aromatic carbocycles. The highest BCUT2D eigenvalue weighted by molar-refractivity contribution is 5.69. The number of hydrogen-bond donors (Lipinski definition) is 2. The van der Waals surface area contributed by atoms with Gasteiger partial charge in [0, 0.05) is 12.6 Å². The number of amides is 1. The molecular formula is C18H34N2O2. The van der Waals surface area contributed by atoms with Crippen LogP contribution in [0.5, 0.6) is 0 Å². The van der Waals surface area contributed by atoms with Gasteiger partial charge in [-0.25, -0.2) is 4.79 Å². The van der Waals surface area contributed by atoms with Crippen molar-refractivity contribution in [1.82, 2.24) is 10.6 Å². The Hall–Kier alpha value is -0.770. The smallest absolute Gasteiger partial charge is 0.408 e. The largest absolute Gasteiger partial charge is 0.444 e. The molecule has 2 aliphatic rings. The van der Waals surface area contributed by atoms with Crippen LogP contribution in [-0.4, -0.2) is 29.8 Å². The second-order valence-electron chi connectivity index (χ2n) is 8.55. The van der Waals surface area contributed by atoms with Gasteiger partial charge in [0.15, 0.2) is 0 Å². The second kappa shape index (κ2) is 6.77. The van der Waals surface area contributed by atoms with Crippen LogP contribution in [0.25, 0.3) is 0 Å². The number of nitrogens with one attached hydrogen (secondary N) is 2. The normalized spacial score (nSPS) is 31.2. The van der Waals surface area contributed by atoms with Gasteiger partial charge in [-0.2, -0.15) is 0 Å². The minimum Gasteiger partial charge on any atom is -0.444 e. The zero-order chi connectivity index (χ0) is 16.4. The lowest BCUT2D eigenvalue weighted by atomic mass is 9.74. The first-order valence-electron chi connectivity index (χ1n) is 8.95. The maximum Gasteiger partial charge on any atom is 0.408 e. The van der Waals surface area contributed by atoms with Gasteiger partial charge in [-0.15, -0.1) is 0 Å². The number of rotatable bonds is 4. The first-order chi connectivity index (χ1) is 10.2. The average molecular weight is 310 g/mol. The van der Waals surface area contributed by atoms with Crippen LogP contribution in [0.3, 0.4) is 0 Å². The Morgan fingerprint density at radius 1 is 1.14 bits per heavy atom. The molecular weight excluding hydrogens is 276 g/mol. The zero-order valence-electron chi connectivity index (χ0n) is 15.0. The molecule has 22 heavy (non-hydrogen) atoms. The molecule has 2 aliphatic carbocycles. The molecule has 0 heterocycles. The first-order valence-corrected chi connectivity index (χ1v) is 8.95. The molecule has 0 aromatic rings. The van der Waals surface area contributed by atoms with E-state index in [2.05, 4.69) is 24.5 Å². The maximum absolute atomic E-state index is 12.1. The van der Waals surface area contributed by atoms with E-state index in [4.69, 9.17) is 4.74 Å². The van der Waals surface area contributed by atoms with Gasteiger partial charge in [0.1, 0.15) is 5.60 Å². The van der Waals surface area contributed by atoms with Gasteiger partial charge in [0.25, 0.3) is 0 Å². The van der Waals surface area contributed by atoms with E-state index in [1.807, 2.05) is 20.8 Å². The van der Waals surface area contributed by atoms with Crippen LogP contribution in [0.15, 0.2) is 0 Å². The van der Waals surface area contributed by atoms with Crippen molar-refractivity contribution in [3.05, 3.63) is 0 Å². The molecule has 2 atom stereocenters. The van der Waals surface area contributed by atoms with Gasteiger partial charge in [0.2, 0.25) is 0 Å². The molecule has 2 rings (SSSR count). The zero-order valence-corrected chi connectivity index (χ0v) is 15.0. The summed E-state index contributed by atoms with van der Waals surface area (Å²) < 4.78 is 5.43. The topological polar surface area (TPSA) is 50.4 Å². The summed E-state index contributed by atoms with van der Waals surface area (Å²) in [6, 6.07) is 0.576. The highest BCUT2D eigenvalue weighted by atomic mass is 16.6. The summed E-state index contributed by atoms with van der Waals surface area (Å²) in [5, 5.41) is 6.89. The fourth-order valence-corrected chi connectivity index (χ4v) is 3.87. The van der Waals surface area contributed by atoms with Crippen molar-refractivity contribution in [2.45, 2.75) is 90.3 Å². The van der Waals surface area contributed by atoms with E-state index in [9.17, 15) is 4.79 Å². The molecule has 2 N–H and O–H groups in total. The van der Waals surface area contributed by atoms with Gasteiger partial charge >= 0.3 is 6.09 Å². The lowest BCUT2D eigenvalue weighted by Gasteiger charge is -2.45. The molecule has 0 radical (unpaired) electrons. The fraction of sp³-hybridized carbons (Fsp3) is 0.944. The molecule has 0 aliphatic heterocycles. The van der Waals surface area contributed by atoms with Crippen LogP contribution < -0.4 is 10.6 Å². The Bertz CT molecular complexity index is 375. The highest BCUT2D eigenvalue weighted by Gasteiger charge is 2.40. The quantitative estimate of drug-likeness (QED) is 0.829. The van der Waals surface area contributed by atoms with E-state index in [0.29, 0.717) is 6.04 Å². The van der Waals surface area contributed by atoms with E-state index in [1.165, 1.54) is 25.7 Å². The molecule has 4 heteroatoms. The lowest BCUT2D eigenvalue weighted by molar-refractivity contribution is 0.0368. The van der Waals surface area contributed by atoms with E-state index in [0.717, 1.165) is 31.2 Å². The number of carbonyl (C=O) groups is 1. The SMILES string of the molecule is CC1CCCC(C)C1NCC1(NC(=O)OC(C)(C)C)CCC1. The van der Waals surface area contributed by atoms with E-state index in [-0.39, 0.29) is 11.6 Å². The van der Waals surface area contributed by atoms with Crippen molar-refractivity contribution in [3.63, 3.8) is 0 Å². The summed E-state index contributed by atoms with van der Waals surface area (Å²) in [6.07, 6.45) is 6.99. The van der Waals surface area contributed by atoms with Crippen LogP contribution in [0.2, 0.25) is 0 Å². The third-order valence-corrected chi connectivity index (χ3v) is 5.30. The highest BCUT2D eigenvalue weighted by Crippen LogP contribution is 2.34. The Balaban J connectivity index is 1.87. The van der Waals surface area contributed by atoms with Crippen LogP contribution >= 0.6 is 0 Å². The minimum absolute atomic E-state index is 0.0980. The second-order valence-corrected chi connectivity index (χ2v) is 8.55. The van der Waals surface area contributed by atoms with Crippen molar-refractivity contribution in [3.8, 4) is 0 Å². The average Bonchev–Trinajstić information content (AvgIpc) is 2.32. The predicted molar refractivity (Wildman–Crippen MR) is 89.9 cm³/mol. The fourth-order valence-electron chi connectivity index (χ4n) is 3.87. The molecule has 0 spiro atoms. The molecule has 128 valence electrons. The van der Waals surface area contributed by atoms with Crippen molar-refractivity contribution < 1.29 is 9.53 Å². The summed E-state index contributed by atoms with van der Waals surface area (Å²) in [4.78, 5) is 12.1. The summed E-state index contributed by atoms with van der Waals surface area (Å²) >= 11 is 0. The van der Waals surface area contributed by atoms with E-state index in [1.54, 1.807) is 0 Å². The monoisotopic (exact) mass is 310 g/mol. The van der Waals surface area contributed by atoms with Gasteiger partial charge in [-0.05, 0) is 64.7 Å². The summed E-state index contributed by atoms with van der Waals surface area (Å²) in [7, 11) is 0. The maximum atomic E-state index is 12.1. The Morgan fingerprint density at radius 3 is 2.18 bits per heavy atom. The van der Waals surface area contributed by atoms with Gasteiger partial charge in [0.05, 0.1) is 5.54 Å². The number of ether oxygens (including phenoxy) is 1. The number of hydrogen-bond acceptors (Lipinski definition) is 3. The molecule has 2 fully saturated rings. The number of carbonyl (C=O) groups excluding carboxylic acids is 1. The first kappa shape index (κ1) is 17.6. The lowest BCUT2D eigenvalue weighted by Crippen LogP contribution is -2.62. The third-order valence-electron chi connectivity index (χ3n) is 5.30. The summed E-state index contributed by atoms with van der Waals surface area (Å²) in [5.74, 6) is 1.45. The summed E-state index contributed by atoms with van der Waals surface area (Å²) in [6.45, 7) is 11.3. The van der Waals surface area contributed by atoms with Crippen LogP contribution in [0.1, 0.15) is 73.1 Å². The molecule has 1 amide bonds. The minimum atomic E-state index is -0.436. The summed E-state index contributed by atoms with van der Waals surface area (Å²) in [5.41, 5.74) is -0.534. The van der Waals surface area contributed by atoms with Gasteiger partial charge in [-0.1, -0.05) is 20.3 Å². The van der Waals surface area contributed by atoms with Crippen molar-refractivity contribution >= 4 is 6.09 Å². The molecule has 4 nitrogen and oxygen atoms in total. The molecule has 2 saturated carbocycles. The van der Waals surface area contributed by atoms with Gasteiger partial charge < -0.3 is 15.4 Å². The molecule has 0 saturated heterocycles. The predicted octanol–water partition coefficient (Wildman–Crippen LogP) is 3.85. The Kier molecular flexibility index (Phi) is 5.41. The van der Waals surface area contributed by atoms with Gasteiger partial charge in [-0.3, -0.25) is 0 Å². The standard InChI is InChI=1S/C18H34N2O2/c1-13-8-6-9-14(2)15(13)19-12-18(10-7-11-18)20-16(21)22-17(3,4)5/h13-15,19H,6-12H2,1-5H3,(H,20,21). The third kappa shape index (κ3) is 4.61. The molecule has 0 aromatic heterocycles. The van der Waals surface area contributed by atoms with Crippen LogP contribution in [0, 0.1) is 11.8 Å². The van der Waals surface area contributed by atoms with Crippen LogP contribution in [-0.2, 0) is 4.74 Å². The van der Waals surface area contributed by atoms with Crippen molar-refractivity contribution in [1.29, 1.82) is 0 Å². The van der Waals surface area contributed by atoms with E-state index >= 15 is 0 Å². The number of alkyl carbamates (subject to hydrolysis) is 1. The van der Waals surface area contributed by atoms with Crippen molar-refractivity contribution in [2.75, 3.05) is 6.54 Å². The Morgan fingerprint density at radius 2 is 1.73 bits per heavy atom. The molecule has 2 unspecified atom stereocenters. The van der Waals surface area contributed by atoms with E-state index < -0.39 is 5.60 Å².